The third kappa shape index (κ3) is 5.45. The summed E-state index contributed by atoms with van der Waals surface area (Å²) in [4.78, 5) is 49.9. The molecule has 3 heterocycles. The Bertz CT molecular complexity index is 2460. The van der Waals surface area contributed by atoms with Crippen molar-refractivity contribution in [2.75, 3.05) is 18.0 Å². The molecule has 52 heavy (non-hydrogen) atoms. The van der Waals surface area contributed by atoms with E-state index in [4.69, 9.17) is 10.8 Å². The molecule has 1 aliphatic heterocycles. The monoisotopic (exact) mass is 716 g/mol. The number of fused-ring (bicyclic) bond motifs is 3. The van der Waals surface area contributed by atoms with Gasteiger partial charge in [0.15, 0.2) is 23.3 Å². The predicted molar refractivity (Wildman–Crippen MR) is 188 cm³/mol. The lowest BCUT2D eigenvalue weighted by molar-refractivity contribution is 0.0684. The number of pyridine rings is 2. The lowest BCUT2D eigenvalue weighted by Gasteiger charge is -2.27. The van der Waals surface area contributed by atoms with Crippen molar-refractivity contribution >= 4 is 51.6 Å². The molecule has 4 aliphatic rings. The summed E-state index contributed by atoms with van der Waals surface area (Å²) in [5.74, 6) is -8.11. The van der Waals surface area contributed by atoms with Gasteiger partial charge in [-0.05, 0) is 31.7 Å². The van der Waals surface area contributed by atoms with E-state index in [0.717, 1.165) is 25.1 Å². The summed E-state index contributed by atoms with van der Waals surface area (Å²) >= 11 is 0. The number of allylic oxidation sites excluding steroid dienone is 2. The van der Waals surface area contributed by atoms with Crippen molar-refractivity contribution in [1.29, 1.82) is 0 Å². The van der Waals surface area contributed by atoms with Crippen LogP contribution >= 0.6 is 0 Å². The van der Waals surface area contributed by atoms with Crippen molar-refractivity contribution in [2.24, 2.45) is 11.7 Å². The van der Waals surface area contributed by atoms with Crippen LogP contribution in [0.1, 0.15) is 69.6 Å². The van der Waals surface area contributed by atoms with Crippen molar-refractivity contribution in [3.05, 3.63) is 122 Å². The number of carboxylic acids is 2. The molecular weight excluding hydrogens is 684 g/mol. The molecule has 10 nitrogen and oxygen atoms in total. The summed E-state index contributed by atoms with van der Waals surface area (Å²) < 4.78 is 60.4. The van der Waals surface area contributed by atoms with Gasteiger partial charge in [-0.15, -0.1) is 0 Å². The number of benzene rings is 2. The number of nitrogens with two attached hydrogens (primary N) is 1. The first kappa shape index (κ1) is 34.7. The van der Waals surface area contributed by atoms with Crippen LogP contribution in [0.3, 0.4) is 0 Å². The van der Waals surface area contributed by atoms with Crippen molar-refractivity contribution in [3.63, 3.8) is 0 Å². The smallest absolute Gasteiger partial charge is 0.341 e. The van der Waals surface area contributed by atoms with Crippen LogP contribution in [0, 0.1) is 29.2 Å². The van der Waals surface area contributed by atoms with Gasteiger partial charge in [0, 0.05) is 54.6 Å². The average Bonchev–Trinajstić information content (AvgIpc) is 4.05. The molecule has 2 unspecified atom stereocenters. The summed E-state index contributed by atoms with van der Waals surface area (Å²) in [5.41, 5.74) is 3.22. The minimum absolute atomic E-state index is 0.0389. The number of aromatic carboxylic acids is 2. The Morgan fingerprint density at radius 2 is 1.37 bits per heavy atom. The van der Waals surface area contributed by atoms with E-state index in [9.17, 15) is 37.5 Å². The van der Waals surface area contributed by atoms with E-state index < -0.39 is 73.6 Å². The first-order valence-corrected chi connectivity index (χ1v) is 16.5. The highest BCUT2D eigenvalue weighted by Gasteiger charge is 2.42. The number of aromatic nitrogens is 2. The summed E-state index contributed by atoms with van der Waals surface area (Å²) in [6, 6.07) is 1.53. The molecule has 3 aliphatic carbocycles. The zero-order valence-corrected chi connectivity index (χ0v) is 27.5. The summed E-state index contributed by atoms with van der Waals surface area (Å²) in [6.07, 6.45) is 15.4. The Morgan fingerprint density at radius 1 is 0.808 bits per heavy atom. The first-order chi connectivity index (χ1) is 24.7. The fourth-order valence-corrected chi connectivity index (χ4v) is 7.20. The first-order valence-electron chi connectivity index (χ1n) is 16.5. The minimum Gasteiger partial charge on any atom is -0.477 e. The van der Waals surface area contributed by atoms with Gasteiger partial charge >= 0.3 is 11.9 Å². The lowest BCUT2D eigenvalue weighted by atomic mass is 9.85. The molecule has 4 N–H and O–H groups in total. The van der Waals surface area contributed by atoms with Crippen LogP contribution in [0.4, 0.5) is 23.2 Å². The quantitative estimate of drug-likeness (QED) is 0.152. The second kappa shape index (κ2) is 12.5. The van der Waals surface area contributed by atoms with Crippen LogP contribution in [0.2, 0.25) is 0 Å². The molecule has 1 saturated heterocycles. The Labute approximate surface area is 292 Å². The lowest BCUT2D eigenvalue weighted by Crippen LogP contribution is -2.46. The number of hydrogen-bond donors (Lipinski definition) is 3. The Kier molecular flexibility index (Phi) is 8.32. The molecule has 4 aromatic rings. The molecule has 0 spiro atoms. The molecule has 268 valence electrons. The number of nitrogens with zero attached hydrogens (tertiary/aromatic N) is 3. The number of carbonyl (C=O) groups is 2. The predicted octanol–water partition coefficient (Wildman–Crippen LogP) is 6.17. The van der Waals surface area contributed by atoms with E-state index in [1.165, 1.54) is 16.8 Å². The number of rotatable bonds is 7. The standard InChI is InChI=1S/C23H22FN3O3.C15H10F3NO3/c1-2-15-19-17(27(14-6-7-14)11-16(21(19)28)22(29)30)9-18(20(15)24)26-10-13-5-3-4-8-23(13,25)12-26;1-2-7-9-13(12(18)11(17)10(7)16)19(6-3-4-6)5-8(14(9)20)15(21)22/h2-5,8-9,11,13-14H,1,6-7,10,12,25H2,(H,29,30);2,5-6H,1,3-4H2,(H,21,22). The molecule has 0 amide bonds. The second-order valence-corrected chi connectivity index (χ2v) is 13.5. The molecular formula is C38H32F4N4O6. The molecule has 0 radical (unpaired) electrons. The van der Waals surface area contributed by atoms with Gasteiger partial charge in [-0.25, -0.2) is 27.2 Å². The van der Waals surface area contributed by atoms with E-state index in [0.29, 0.717) is 37.1 Å². The van der Waals surface area contributed by atoms with Crippen molar-refractivity contribution in [1.82, 2.24) is 9.13 Å². The maximum absolute atomic E-state index is 15.6. The topological polar surface area (TPSA) is 148 Å². The minimum atomic E-state index is -1.71. The molecule has 3 fully saturated rings. The van der Waals surface area contributed by atoms with Crippen LogP contribution in [0.15, 0.2) is 65.5 Å². The third-order valence-corrected chi connectivity index (χ3v) is 10.1. The van der Waals surface area contributed by atoms with Crippen LogP contribution in [0.25, 0.3) is 34.0 Å². The van der Waals surface area contributed by atoms with Gasteiger partial charge in [0.05, 0.1) is 33.0 Å². The van der Waals surface area contributed by atoms with Crippen molar-refractivity contribution in [3.8, 4) is 0 Å². The van der Waals surface area contributed by atoms with E-state index in [2.05, 4.69) is 13.2 Å². The fraction of sp³-hybridized carbons (Fsp3) is 0.263. The molecule has 2 atom stereocenters. The molecule has 8 rings (SSSR count). The summed E-state index contributed by atoms with van der Waals surface area (Å²) in [5, 5.41) is 18.2. The largest absolute Gasteiger partial charge is 0.477 e. The Balaban J connectivity index is 0.000000170. The van der Waals surface area contributed by atoms with Crippen molar-refractivity contribution in [2.45, 2.75) is 43.3 Å². The number of carboxylic acid groups (broad SMARTS) is 2. The number of halogens is 4. The maximum atomic E-state index is 15.6. The van der Waals surface area contributed by atoms with Gasteiger partial charge in [0.25, 0.3) is 0 Å². The zero-order chi connectivity index (χ0) is 37.4. The van der Waals surface area contributed by atoms with Crippen molar-refractivity contribution < 1.29 is 37.4 Å². The summed E-state index contributed by atoms with van der Waals surface area (Å²) in [6.45, 7) is 7.99. The normalized spacial score (nSPS) is 20.5. The van der Waals surface area contributed by atoms with Gasteiger partial charge < -0.3 is 30.0 Å². The third-order valence-electron chi connectivity index (χ3n) is 10.1. The Hall–Kier alpha value is -5.76. The van der Waals surface area contributed by atoms with E-state index in [1.54, 1.807) is 10.6 Å². The van der Waals surface area contributed by atoms with Gasteiger partial charge in [0.2, 0.25) is 10.9 Å². The van der Waals surface area contributed by atoms with E-state index in [1.807, 2.05) is 29.2 Å². The van der Waals surface area contributed by atoms with Crippen LogP contribution in [0.5, 0.6) is 0 Å². The maximum Gasteiger partial charge on any atom is 0.341 e. The van der Waals surface area contributed by atoms with Gasteiger partial charge in [-0.2, -0.15) is 0 Å². The van der Waals surface area contributed by atoms with Crippen LogP contribution < -0.4 is 21.5 Å². The van der Waals surface area contributed by atoms with Crippen LogP contribution in [-0.2, 0) is 0 Å². The number of anilines is 1. The molecule has 14 heteroatoms. The second-order valence-electron chi connectivity index (χ2n) is 13.5. The molecule has 2 aromatic carbocycles. The molecule has 2 aromatic heterocycles. The van der Waals surface area contributed by atoms with Crippen LogP contribution in [-0.4, -0.2) is 49.9 Å². The highest BCUT2D eigenvalue weighted by molar-refractivity contribution is 5.98. The number of hydrogen-bond acceptors (Lipinski definition) is 6. The molecule has 0 bridgehead atoms. The summed E-state index contributed by atoms with van der Waals surface area (Å²) in [7, 11) is 0. The zero-order valence-electron chi connectivity index (χ0n) is 27.5. The SMILES string of the molecule is C=Cc1c(F)c(F)c(F)c2c1c(=O)c(C(=O)O)cn2C1CC1.C=Cc1c(F)c(N2CC3C=CC=CC3(N)C2)cc2c1c(=O)c(C(=O)O)cn2C1CC1. The fourth-order valence-electron chi connectivity index (χ4n) is 7.20. The Morgan fingerprint density at radius 3 is 1.92 bits per heavy atom. The van der Waals surface area contributed by atoms with Gasteiger partial charge in [0.1, 0.15) is 11.1 Å². The van der Waals surface area contributed by atoms with E-state index >= 15 is 4.39 Å². The van der Waals surface area contributed by atoms with Gasteiger partial charge in [-0.3, -0.25) is 9.59 Å². The van der Waals surface area contributed by atoms with Gasteiger partial charge in [-0.1, -0.05) is 49.6 Å². The molecule has 2 saturated carbocycles. The highest BCUT2D eigenvalue weighted by atomic mass is 19.2. The van der Waals surface area contributed by atoms with E-state index in [-0.39, 0.29) is 34.5 Å². The average molecular weight is 717 g/mol. The highest BCUT2D eigenvalue weighted by Crippen LogP contribution is 2.42.